The summed E-state index contributed by atoms with van der Waals surface area (Å²) in [6.45, 7) is 0. The van der Waals surface area contributed by atoms with Crippen molar-refractivity contribution in [2.75, 3.05) is 0 Å². The molecule has 19 heavy (non-hydrogen) atoms. The van der Waals surface area contributed by atoms with Crippen molar-refractivity contribution in [2.45, 2.75) is 6.04 Å². The molecular weight excluding hydrogens is 310 g/mol. The van der Waals surface area contributed by atoms with Crippen molar-refractivity contribution in [2.24, 2.45) is 5.84 Å². The van der Waals surface area contributed by atoms with E-state index in [-0.39, 0.29) is 0 Å². The lowest BCUT2D eigenvalue weighted by molar-refractivity contribution is 0.560. The van der Waals surface area contributed by atoms with Crippen LogP contribution in [0.3, 0.4) is 0 Å². The molecule has 0 spiro atoms. The molecule has 1 unspecified atom stereocenters. The normalized spacial score (nSPS) is 12.5. The van der Waals surface area contributed by atoms with Crippen LogP contribution in [0.2, 0.25) is 15.1 Å². The minimum atomic E-state index is -0.608. The quantitative estimate of drug-likeness (QED) is 0.652. The number of nitrogens with one attached hydrogen (secondary N) is 1. The van der Waals surface area contributed by atoms with Crippen molar-refractivity contribution in [1.82, 2.24) is 5.43 Å². The van der Waals surface area contributed by atoms with Crippen LogP contribution in [0.15, 0.2) is 36.4 Å². The first kappa shape index (κ1) is 14.6. The SMILES string of the molecule is NNC(c1ccc(Cl)cc1F)c1cc(Cl)ccc1Cl. The Morgan fingerprint density at radius 3 is 2.21 bits per heavy atom. The van der Waals surface area contributed by atoms with Gasteiger partial charge in [-0.25, -0.2) is 9.82 Å². The van der Waals surface area contributed by atoms with Gasteiger partial charge >= 0.3 is 0 Å². The number of benzene rings is 2. The third-order valence-corrected chi connectivity index (χ3v) is 3.52. The van der Waals surface area contributed by atoms with Crippen LogP contribution in [0.5, 0.6) is 0 Å². The highest BCUT2D eigenvalue weighted by Gasteiger charge is 2.19. The third-order valence-electron chi connectivity index (χ3n) is 2.71. The number of hydrazine groups is 1. The lowest BCUT2D eigenvalue weighted by atomic mass is 9.99. The molecule has 0 radical (unpaired) electrons. The summed E-state index contributed by atoms with van der Waals surface area (Å²) in [5, 5.41) is 1.25. The zero-order valence-electron chi connectivity index (χ0n) is 9.63. The Hall–Kier alpha value is -0.840. The largest absolute Gasteiger partial charge is 0.271 e. The predicted octanol–water partition coefficient (Wildman–Crippen LogP) is 4.34. The topological polar surface area (TPSA) is 38.0 Å². The van der Waals surface area contributed by atoms with E-state index in [9.17, 15) is 4.39 Å². The van der Waals surface area contributed by atoms with Crippen LogP contribution >= 0.6 is 34.8 Å². The van der Waals surface area contributed by atoms with Gasteiger partial charge in [-0.2, -0.15) is 0 Å². The Kier molecular flexibility index (Phi) is 4.66. The lowest BCUT2D eigenvalue weighted by Crippen LogP contribution is -2.29. The minimum absolute atomic E-state index is 0.314. The van der Waals surface area contributed by atoms with E-state index in [1.807, 2.05) is 0 Å². The molecule has 0 amide bonds. The summed E-state index contributed by atoms with van der Waals surface area (Å²) >= 11 is 17.8. The van der Waals surface area contributed by atoms with Gasteiger partial charge in [0.05, 0.1) is 6.04 Å². The highest BCUT2D eigenvalue weighted by Crippen LogP contribution is 2.32. The highest BCUT2D eigenvalue weighted by molar-refractivity contribution is 6.33. The van der Waals surface area contributed by atoms with Gasteiger partial charge in [-0.1, -0.05) is 40.9 Å². The van der Waals surface area contributed by atoms with Gasteiger partial charge in [-0.05, 0) is 35.9 Å². The van der Waals surface area contributed by atoms with E-state index in [1.54, 1.807) is 30.3 Å². The van der Waals surface area contributed by atoms with E-state index >= 15 is 0 Å². The molecule has 2 rings (SSSR count). The average molecular weight is 320 g/mol. The van der Waals surface area contributed by atoms with Gasteiger partial charge in [-0.15, -0.1) is 0 Å². The van der Waals surface area contributed by atoms with E-state index in [0.29, 0.717) is 26.2 Å². The molecule has 0 fully saturated rings. The molecule has 0 bridgehead atoms. The maximum absolute atomic E-state index is 13.9. The molecular formula is C13H10Cl3FN2. The van der Waals surface area contributed by atoms with Gasteiger partial charge in [0, 0.05) is 20.6 Å². The second-order valence-corrected chi connectivity index (χ2v) is 5.21. The number of rotatable bonds is 3. The predicted molar refractivity (Wildman–Crippen MR) is 77.0 cm³/mol. The molecule has 0 saturated carbocycles. The lowest BCUT2D eigenvalue weighted by Gasteiger charge is -2.19. The van der Waals surface area contributed by atoms with Crippen molar-refractivity contribution in [3.05, 3.63) is 68.4 Å². The van der Waals surface area contributed by atoms with Gasteiger partial charge in [0.15, 0.2) is 0 Å². The molecule has 0 aliphatic carbocycles. The molecule has 0 saturated heterocycles. The number of hydrogen-bond acceptors (Lipinski definition) is 2. The second-order valence-electron chi connectivity index (χ2n) is 3.93. The summed E-state index contributed by atoms with van der Waals surface area (Å²) in [5.41, 5.74) is 3.48. The van der Waals surface area contributed by atoms with Gasteiger partial charge in [0.1, 0.15) is 5.82 Å². The van der Waals surface area contributed by atoms with Crippen LogP contribution in [-0.2, 0) is 0 Å². The van der Waals surface area contributed by atoms with Crippen LogP contribution in [0.4, 0.5) is 4.39 Å². The van der Waals surface area contributed by atoms with Crippen LogP contribution < -0.4 is 11.3 Å². The fraction of sp³-hybridized carbons (Fsp3) is 0.0769. The van der Waals surface area contributed by atoms with E-state index in [0.717, 1.165) is 0 Å². The van der Waals surface area contributed by atoms with Crippen LogP contribution in [0.25, 0.3) is 0 Å². The Balaban J connectivity index is 2.52. The fourth-order valence-electron chi connectivity index (χ4n) is 1.82. The van der Waals surface area contributed by atoms with Crippen LogP contribution in [-0.4, -0.2) is 0 Å². The maximum atomic E-state index is 13.9. The van der Waals surface area contributed by atoms with E-state index in [2.05, 4.69) is 5.43 Å². The van der Waals surface area contributed by atoms with Gasteiger partial charge in [-0.3, -0.25) is 5.84 Å². The molecule has 6 heteroatoms. The summed E-state index contributed by atoms with van der Waals surface area (Å²) in [5.74, 6) is 5.05. The summed E-state index contributed by atoms with van der Waals surface area (Å²) < 4.78 is 13.9. The molecule has 2 aromatic rings. The highest BCUT2D eigenvalue weighted by atomic mass is 35.5. The Morgan fingerprint density at radius 1 is 0.947 bits per heavy atom. The molecule has 0 aliphatic heterocycles. The van der Waals surface area contributed by atoms with Crippen LogP contribution in [0, 0.1) is 5.82 Å². The molecule has 100 valence electrons. The second kappa shape index (κ2) is 6.07. The fourth-order valence-corrected chi connectivity index (χ4v) is 2.38. The van der Waals surface area contributed by atoms with E-state index < -0.39 is 11.9 Å². The first-order valence-corrected chi connectivity index (χ1v) is 6.52. The molecule has 2 nitrogen and oxygen atoms in total. The Morgan fingerprint density at radius 2 is 1.58 bits per heavy atom. The smallest absolute Gasteiger partial charge is 0.129 e. The Labute approximate surface area is 125 Å². The number of halogens is 4. The zero-order valence-corrected chi connectivity index (χ0v) is 11.9. The van der Waals surface area contributed by atoms with E-state index in [4.69, 9.17) is 40.6 Å². The van der Waals surface area contributed by atoms with Crippen molar-refractivity contribution < 1.29 is 4.39 Å². The summed E-state index contributed by atoms with van der Waals surface area (Å²) in [4.78, 5) is 0. The zero-order chi connectivity index (χ0) is 14.0. The maximum Gasteiger partial charge on any atom is 0.129 e. The van der Waals surface area contributed by atoms with Crippen molar-refractivity contribution in [3.63, 3.8) is 0 Å². The van der Waals surface area contributed by atoms with Crippen molar-refractivity contribution >= 4 is 34.8 Å². The molecule has 2 aromatic carbocycles. The summed E-state index contributed by atoms with van der Waals surface area (Å²) in [6.07, 6.45) is 0. The van der Waals surface area contributed by atoms with Crippen LogP contribution in [0.1, 0.15) is 17.2 Å². The van der Waals surface area contributed by atoms with Gasteiger partial charge in [0.25, 0.3) is 0 Å². The van der Waals surface area contributed by atoms with Crippen molar-refractivity contribution in [1.29, 1.82) is 0 Å². The summed E-state index contributed by atoms with van der Waals surface area (Å²) in [6, 6.07) is 8.68. The third kappa shape index (κ3) is 3.19. The summed E-state index contributed by atoms with van der Waals surface area (Å²) in [7, 11) is 0. The Bertz CT molecular complexity index is 604. The number of hydrogen-bond donors (Lipinski definition) is 2. The minimum Gasteiger partial charge on any atom is -0.271 e. The molecule has 0 aliphatic rings. The van der Waals surface area contributed by atoms with Gasteiger partial charge in [0.2, 0.25) is 0 Å². The van der Waals surface area contributed by atoms with E-state index in [1.165, 1.54) is 6.07 Å². The first-order valence-electron chi connectivity index (χ1n) is 5.39. The standard InChI is InChI=1S/C13H10Cl3FN2/c14-7-2-4-11(16)10(5-7)13(19-18)9-3-1-8(15)6-12(9)17/h1-6,13,19H,18H2. The molecule has 0 heterocycles. The average Bonchev–Trinajstić information content (AvgIpc) is 2.36. The molecule has 1 atom stereocenters. The molecule has 3 N–H and O–H groups in total. The van der Waals surface area contributed by atoms with Gasteiger partial charge < -0.3 is 0 Å². The van der Waals surface area contributed by atoms with Crippen molar-refractivity contribution in [3.8, 4) is 0 Å². The first-order chi connectivity index (χ1) is 9.02. The number of nitrogens with two attached hydrogens (primary N) is 1. The molecule has 0 aromatic heterocycles. The monoisotopic (exact) mass is 318 g/mol.